The molecule has 21 heavy (non-hydrogen) atoms. The van der Waals surface area contributed by atoms with Crippen LogP contribution < -0.4 is 29.6 Å². The van der Waals surface area contributed by atoms with Gasteiger partial charge in [-0.25, -0.2) is 8.42 Å². The molecule has 0 rings (SSSR count). The van der Waals surface area contributed by atoms with E-state index in [0.717, 1.165) is 44.9 Å². The van der Waals surface area contributed by atoms with Gasteiger partial charge in [-0.1, -0.05) is 52.4 Å². The molecule has 0 saturated heterocycles. The fourth-order valence-electron chi connectivity index (χ4n) is 2.40. The Kier molecular flexibility index (Phi) is 16.6. The fraction of sp³-hybridized carbons (Fsp3) is 1.00. The van der Waals surface area contributed by atoms with E-state index in [2.05, 4.69) is 13.8 Å². The van der Waals surface area contributed by atoms with Crippen LogP contribution in [0.15, 0.2) is 0 Å². The normalized spacial score (nSPS) is 14.5. The minimum absolute atomic E-state index is 0. The quantitative estimate of drug-likeness (QED) is 0.305. The first-order valence-electron chi connectivity index (χ1n) is 8.04. The maximum Gasteiger partial charge on any atom is 1.00 e. The van der Waals surface area contributed by atoms with Crippen LogP contribution in [0.5, 0.6) is 0 Å². The molecule has 0 fully saturated rings. The Morgan fingerprint density at radius 2 is 1.38 bits per heavy atom. The molecule has 2 atom stereocenters. The molecule has 6 heteroatoms. The van der Waals surface area contributed by atoms with Crippen LogP contribution >= 0.6 is 0 Å². The number of aliphatic hydroxyl groups is 1. The number of aliphatic hydroxyl groups excluding tert-OH is 1. The molecular weight excluding hydrogens is 299 g/mol. The molecule has 2 unspecified atom stereocenters. The summed E-state index contributed by atoms with van der Waals surface area (Å²) in [6.45, 7) is 4.17. The average molecular weight is 330 g/mol. The van der Waals surface area contributed by atoms with E-state index in [1.165, 1.54) is 0 Å². The minimum Gasteiger partial charge on any atom is -0.748 e. The molecule has 0 aliphatic carbocycles. The van der Waals surface area contributed by atoms with Gasteiger partial charge in [0, 0.05) is 5.25 Å². The Labute approximate surface area is 153 Å². The molecule has 122 valence electrons. The summed E-state index contributed by atoms with van der Waals surface area (Å²) in [5, 5.41) is 8.95. The molecule has 4 nitrogen and oxygen atoms in total. The van der Waals surface area contributed by atoms with Gasteiger partial charge >= 0.3 is 29.6 Å². The van der Waals surface area contributed by atoms with Gasteiger partial charge in [0.25, 0.3) is 0 Å². The van der Waals surface area contributed by atoms with Gasteiger partial charge < -0.3 is 9.66 Å². The third-order valence-electron chi connectivity index (χ3n) is 3.74. The van der Waals surface area contributed by atoms with E-state index in [4.69, 9.17) is 0 Å². The summed E-state index contributed by atoms with van der Waals surface area (Å²) < 4.78 is 33.7. The molecule has 0 aliphatic heterocycles. The van der Waals surface area contributed by atoms with E-state index in [-0.39, 0.29) is 35.7 Å². The van der Waals surface area contributed by atoms with E-state index in [9.17, 15) is 18.1 Å². The first-order valence-corrected chi connectivity index (χ1v) is 9.51. The predicted octanol–water partition coefficient (Wildman–Crippen LogP) is 0.596. The van der Waals surface area contributed by atoms with Crippen molar-refractivity contribution in [2.75, 3.05) is 0 Å². The van der Waals surface area contributed by atoms with Crippen molar-refractivity contribution in [3.05, 3.63) is 0 Å². The molecule has 1 N–H and O–H groups in total. The van der Waals surface area contributed by atoms with Gasteiger partial charge in [-0.2, -0.15) is 0 Å². The smallest absolute Gasteiger partial charge is 0.748 e. The standard InChI is InChI=1S/C15H32O4S.Na/c1-3-5-7-8-12-15(20(17,18)19)13-9-11-14(16)10-6-4-2;/h14-16H,3-13H2,1-2H3,(H,17,18,19);/q;+1/p-1. The van der Waals surface area contributed by atoms with Crippen LogP contribution in [0.25, 0.3) is 0 Å². The van der Waals surface area contributed by atoms with Crippen molar-refractivity contribution in [2.45, 2.75) is 95.8 Å². The summed E-state index contributed by atoms with van der Waals surface area (Å²) in [6.07, 6.45) is 8.49. The monoisotopic (exact) mass is 330 g/mol. The molecule has 0 spiro atoms. The first kappa shape index (κ1) is 24.1. The van der Waals surface area contributed by atoms with Crippen molar-refractivity contribution in [1.82, 2.24) is 0 Å². The third kappa shape index (κ3) is 14.2. The molecule has 0 aromatic carbocycles. The van der Waals surface area contributed by atoms with E-state index in [1.807, 2.05) is 0 Å². The molecule has 0 saturated carbocycles. The predicted molar refractivity (Wildman–Crippen MR) is 81.6 cm³/mol. The Morgan fingerprint density at radius 3 is 1.90 bits per heavy atom. The summed E-state index contributed by atoms with van der Waals surface area (Å²) >= 11 is 0. The maximum absolute atomic E-state index is 11.2. The van der Waals surface area contributed by atoms with Crippen molar-refractivity contribution >= 4 is 10.1 Å². The van der Waals surface area contributed by atoms with Gasteiger partial charge in [0.05, 0.1) is 16.2 Å². The molecule has 0 bridgehead atoms. The van der Waals surface area contributed by atoms with Gasteiger partial charge in [-0.15, -0.1) is 0 Å². The largest absolute Gasteiger partial charge is 1.00 e. The van der Waals surface area contributed by atoms with Gasteiger partial charge in [0.15, 0.2) is 0 Å². The third-order valence-corrected chi connectivity index (χ3v) is 5.03. The Bertz CT molecular complexity index is 320. The number of hydrogen-bond donors (Lipinski definition) is 1. The molecule has 0 amide bonds. The minimum atomic E-state index is -4.20. The maximum atomic E-state index is 11.2. The van der Waals surface area contributed by atoms with E-state index in [0.29, 0.717) is 25.7 Å². The van der Waals surface area contributed by atoms with Crippen LogP contribution in [0.4, 0.5) is 0 Å². The van der Waals surface area contributed by atoms with Crippen LogP contribution in [0, 0.1) is 0 Å². The number of rotatable bonds is 13. The van der Waals surface area contributed by atoms with Crippen LogP contribution in [0.3, 0.4) is 0 Å². The Hall–Kier alpha value is 0.870. The van der Waals surface area contributed by atoms with Crippen LogP contribution in [0.2, 0.25) is 0 Å². The zero-order chi connectivity index (χ0) is 15.4. The molecular formula is C15H31NaO4S. The second-order valence-electron chi connectivity index (χ2n) is 5.69. The second kappa shape index (κ2) is 14.5. The Morgan fingerprint density at radius 1 is 0.857 bits per heavy atom. The summed E-state index contributed by atoms with van der Waals surface area (Å²) in [5.41, 5.74) is 0. The van der Waals surface area contributed by atoms with Crippen LogP contribution in [-0.2, 0) is 10.1 Å². The zero-order valence-corrected chi connectivity index (χ0v) is 16.8. The summed E-state index contributed by atoms with van der Waals surface area (Å²) in [6, 6.07) is 0. The van der Waals surface area contributed by atoms with Gasteiger partial charge in [0.2, 0.25) is 0 Å². The van der Waals surface area contributed by atoms with Crippen molar-refractivity contribution < 1.29 is 47.6 Å². The van der Waals surface area contributed by atoms with Crippen molar-refractivity contribution in [1.29, 1.82) is 0 Å². The second-order valence-corrected chi connectivity index (χ2v) is 7.34. The van der Waals surface area contributed by atoms with Gasteiger partial charge in [-0.3, -0.25) is 0 Å². The van der Waals surface area contributed by atoms with E-state index < -0.39 is 15.4 Å². The van der Waals surface area contributed by atoms with Gasteiger partial charge in [-0.05, 0) is 32.1 Å². The van der Waals surface area contributed by atoms with Crippen molar-refractivity contribution in [2.24, 2.45) is 0 Å². The molecule has 0 radical (unpaired) electrons. The average Bonchev–Trinajstić information content (AvgIpc) is 2.37. The summed E-state index contributed by atoms with van der Waals surface area (Å²) in [4.78, 5) is 0. The van der Waals surface area contributed by atoms with Crippen LogP contribution in [-0.4, -0.2) is 29.4 Å². The molecule has 0 heterocycles. The topological polar surface area (TPSA) is 77.4 Å². The van der Waals surface area contributed by atoms with Crippen molar-refractivity contribution in [3.8, 4) is 0 Å². The first-order chi connectivity index (χ1) is 9.41. The number of unbranched alkanes of at least 4 members (excludes halogenated alkanes) is 4. The fourth-order valence-corrected chi connectivity index (χ4v) is 3.31. The van der Waals surface area contributed by atoms with E-state index in [1.54, 1.807) is 0 Å². The molecule has 0 aromatic rings. The summed E-state index contributed by atoms with van der Waals surface area (Å²) in [5.74, 6) is 0. The molecule has 0 aromatic heterocycles. The number of hydrogen-bond acceptors (Lipinski definition) is 4. The summed E-state index contributed by atoms with van der Waals surface area (Å²) in [7, 11) is -4.20. The Balaban J connectivity index is 0. The SMILES string of the molecule is CCCCCCC(CCCC(O)CCCC)S(=O)(=O)[O-].[Na+]. The van der Waals surface area contributed by atoms with Crippen molar-refractivity contribution in [3.63, 3.8) is 0 Å². The van der Waals surface area contributed by atoms with E-state index >= 15 is 0 Å². The molecule has 0 aliphatic rings. The van der Waals surface area contributed by atoms with Crippen LogP contribution in [0.1, 0.15) is 84.5 Å². The zero-order valence-electron chi connectivity index (χ0n) is 14.0. The van der Waals surface area contributed by atoms with Gasteiger partial charge in [0.1, 0.15) is 0 Å².